The van der Waals surface area contributed by atoms with Gasteiger partial charge in [-0.05, 0) is 31.5 Å². The summed E-state index contributed by atoms with van der Waals surface area (Å²) < 4.78 is 0. The van der Waals surface area contributed by atoms with Crippen molar-refractivity contribution in [3.05, 3.63) is 29.8 Å². The largest absolute Gasteiger partial charge is 0.369 e. The summed E-state index contributed by atoms with van der Waals surface area (Å²) >= 11 is 0. The van der Waals surface area contributed by atoms with E-state index in [1.165, 1.54) is 11.3 Å². The molecule has 0 saturated carbocycles. The van der Waals surface area contributed by atoms with Crippen LogP contribution in [0.4, 0.5) is 5.69 Å². The second kappa shape index (κ2) is 7.99. The summed E-state index contributed by atoms with van der Waals surface area (Å²) in [5.74, 6) is 0.310. The number of amides is 1. The molecule has 2 heterocycles. The average molecular weight is 330 g/mol. The van der Waals surface area contributed by atoms with Crippen molar-refractivity contribution in [2.45, 2.75) is 26.3 Å². The van der Waals surface area contributed by atoms with Crippen LogP contribution in [0, 0.1) is 6.92 Å². The summed E-state index contributed by atoms with van der Waals surface area (Å²) in [5, 5.41) is 3.34. The lowest BCUT2D eigenvalue weighted by molar-refractivity contribution is -0.134. The SMILES string of the molecule is Cc1cccc(N2CCN(CCC(=O)N3CCNCC3C)CC2)c1. The van der Waals surface area contributed by atoms with Gasteiger partial charge in [0.25, 0.3) is 0 Å². The molecule has 1 aromatic rings. The lowest BCUT2D eigenvalue weighted by Crippen LogP contribution is -2.53. The molecule has 1 atom stereocenters. The topological polar surface area (TPSA) is 38.8 Å². The molecule has 24 heavy (non-hydrogen) atoms. The molecule has 0 spiro atoms. The van der Waals surface area contributed by atoms with E-state index in [4.69, 9.17) is 0 Å². The number of anilines is 1. The molecule has 0 aliphatic carbocycles. The Morgan fingerprint density at radius 1 is 1.21 bits per heavy atom. The number of carbonyl (C=O) groups is 1. The zero-order valence-electron chi connectivity index (χ0n) is 15.0. The minimum atomic E-state index is 0.310. The Bertz CT molecular complexity index is 554. The summed E-state index contributed by atoms with van der Waals surface area (Å²) in [6.45, 7) is 12.0. The number of benzene rings is 1. The van der Waals surface area contributed by atoms with Gasteiger partial charge in [0.1, 0.15) is 0 Å². The van der Waals surface area contributed by atoms with E-state index in [-0.39, 0.29) is 0 Å². The minimum Gasteiger partial charge on any atom is -0.369 e. The van der Waals surface area contributed by atoms with Gasteiger partial charge in [0.05, 0.1) is 0 Å². The minimum absolute atomic E-state index is 0.310. The van der Waals surface area contributed by atoms with Crippen molar-refractivity contribution in [2.75, 3.05) is 57.3 Å². The first kappa shape index (κ1) is 17.2. The Kier molecular flexibility index (Phi) is 5.74. The molecule has 2 fully saturated rings. The van der Waals surface area contributed by atoms with E-state index in [1.807, 2.05) is 4.90 Å². The summed E-state index contributed by atoms with van der Waals surface area (Å²) in [6.07, 6.45) is 0.648. The highest BCUT2D eigenvalue weighted by Crippen LogP contribution is 2.18. The first-order valence-electron chi connectivity index (χ1n) is 9.17. The van der Waals surface area contributed by atoms with Crippen LogP contribution in [0.1, 0.15) is 18.9 Å². The van der Waals surface area contributed by atoms with Crippen molar-refractivity contribution in [1.82, 2.24) is 15.1 Å². The van der Waals surface area contributed by atoms with Gasteiger partial charge in [0.15, 0.2) is 0 Å². The van der Waals surface area contributed by atoms with E-state index < -0.39 is 0 Å². The Balaban J connectivity index is 1.43. The third kappa shape index (κ3) is 4.28. The fourth-order valence-corrected chi connectivity index (χ4v) is 3.66. The quantitative estimate of drug-likeness (QED) is 0.904. The van der Waals surface area contributed by atoms with Crippen LogP contribution >= 0.6 is 0 Å². The van der Waals surface area contributed by atoms with Crippen molar-refractivity contribution in [2.24, 2.45) is 0 Å². The molecule has 132 valence electrons. The molecule has 2 aliphatic heterocycles. The van der Waals surface area contributed by atoms with Gasteiger partial charge >= 0.3 is 0 Å². The van der Waals surface area contributed by atoms with Crippen LogP contribution in [0.25, 0.3) is 0 Å². The van der Waals surface area contributed by atoms with Gasteiger partial charge in [-0.25, -0.2) is 0 Å². The first-order chi connectivity index (χ1) is 11.6. The van der Waals surface area contributed by atoms with Gasteiger partial charge < -0.3 is 15.1 Å². The van der Waals surface area contributed by atoms with Crippen molar-refractivity contribution < 1.29 is 4.79 Å². The van der Waals surface area contributed by atoms with Gasteiger partial charge in [0, 0.05) is 70.5 Å². The fourth-order valence-electron chi connectivity index (χ4n) is 3.66. The average Bonchev–Trinajstić information content (AvgIpc) is 2.60. The molecule has 0 radical (unpaired) electrons. The van der Waals surface area contributed by atoms with Crippen LogP contribution in [0.3, 0.4) is 0 Å². The molecular weight excluding hydrogens is 300 g/mol. The number of aryl methyl sites for hydroxylation is 1. The second-order valence-corrected chi connectivity index (χ2v) is 7.06. The number of hydrogen-bond acceptors (Lipinski definition) is 4. The molecular formula is C19H30N4O. The van der Waals surface area contributed by atoms with Crippen molar-refractivity contribution in [1.29, 1.82) is 0 Å². The maximum atomic E-state index is 12.4. The van der Waals surface area contributed by atoms with Crippen molar-refractivity contribution in [3.8, 4) is 0 Å². The fraction of sp³-hybridized carbons (Fsp3) is 0.632. The molecule has 0 bridgehead atoms. The number of nitrogens with one attached hydrogen (secondary N) is 1. The summed E-state index contributed by atoms with van der Waals surface area (Å²) in [5.41, 5.74) is 2.63. The predicted molar refractivity (Wildman–Crippen MR) is 98.5 cm³/mol. The highest BCUT2D eigenvalue weighted by molar-refractivity contribution is 5.76. The highest BCUT2D eigenvalue weighted by Gasteiger charge is 2.24. The normalized spacial score (nSPS) is 22.7. The Morgan fingerprint density at radius 3 is 2.71 bits per heavy atom. The number of rotatable bonds is 4. The third-order valence-electron chi connectivity index (χ3n) is 5.20. The number of nitrogens with zero attached hydrogens (tertiary/aromatic N) is 3. The summed E-state index contributed by atoms with van der Waals surface area (Å²) in [4.78, 5) is 19.4. The van der Waals surface area contributed by atoms with Crippen LogP contribution in [0.15, 0.2) is 24.3 Å². The van der Waals surface area contributed by atoms with Gasteiger partial charge in [-0.1, -0.05) is 12.1 Å². The number of piperazine rings is 2. The van der Waals surface area contributed by atoms with E-state index in [0.29, 0.717) is 18.4 Å². The van der Waals surface area contributed by atoms with E-state index in [2.05, 4.69) is 53.2 Å². The third-order valence-corrected chi connectivity index (χ3v) is 5.20. The predicted octanol–water partition coefficient (Wildman–Crippen LogP) is 1.33. The van der Waals surface area contributed by atoms with Crippen molar-refractivity contribution >= 4 is 11.6 Å². The van der Waals surface area contributed by atoms with Crippen LogP contribution in [0.2, 0.25) is 0 Å². The zero-order chi connectivity index (χ0) is 16.9. The first-order valence-corrected chi connectivity index (χ1v) is 9.17. The molecule has 3 rings (SSSR count). The van der Waals surface area contributed by atoms with Gasteiger partial charge in [0.2, 0.25) is 5.91 Å². The molecule has 1 amide bonds. The lowest BCUT2D eigenvalue weighted by atomic mass is 10.1. The molecule has 1 aromatic carbocycles. The van der Waals surface area contributed by atoms with Crippen LogP contribution in [0.5, 0.6) is 0 Å². The van der Waals surface area contributed by atoms with Gasteiger partial charge in [-0.2, -0.15) is 0 Å². The summed E-state index contributed by atoms with van der Waals surface area (Å²) in [7, 11) is 0. The number of carbonyl (C=O) groups excluding carboxylic acids is 1. The Hall–Kier alpha value is -1.59. The Labute approximate surface area is 145 Å². The molecule has 1 N–H and O–H groups in total. The van der Waals surface area contributed by atoms with E-state index in [0.717, 1.165) is 52.4 Å². The number of hydrogen-bond donors (Lipinski definition) is 1. The van der Waals surface area contributed by atoms with E-state index in [1.54, 1.807) is 0 Å². The molecule has 5 heteroatoms. The zero-order valence-corrected chi connectivity index (χ0v) is 15.0. The molecule has 1 unspecified atom stereocenters. The van der Waals surface area contributed by atoms with Gasteiger partial charge in [-0.3, -0.25) is 9.69 Å². The van der Waals surface area contributed by atoms with Gasteiger partial charge in [-0.15, -0.1) is 0 Å². The second-order valence-electron chi connectivity index (χ2n) is 7.06. The molecule has 2 saturated heterocycles. The maximum Gasteiger partial charge on any atom is 0.224 e. The molecule has 0 aromatic heterocycles. The van der Waals surface area contributed by atoms with Crippen LogP contribution in [-0.2, 0) is 4.79 Å². The standard InChI is InChI=1S/C19H30N4O/c1-16-4-3-5-18(14-16)22-12-10-21(11-13-22)8-6-19(24)23-9-7-20-15-17(23)2/h3-5,14,17,20H,6-13,15H2,1-2H3. The maximum absolute atomic E-state index is 12.4. The molecule has 5 nitrogen and oxygen atoms in total. The summed E-state index contributed by atoms with van der Waals surface area (Å²) in [6, 6.07) is 9.04. The van der Waals surface area contributed by atoms with Crippen LogP contribution in [-0.4, -0.2) is 74.1 Å². The van der Waals surface area contributed by atoms with Crippen LogP contribution < -0.4 is 10.2 Å². The smallest absolute Gasteiger partial charge is 0.224 e. The Morgan fingerprint density at radius 2 is 2.00 bits per heavy atom. The van der Waals surface area contributed by atoms with E-state index in [9.17, 15) is 4.79 Å². The monoisotopic (exact) mass is 330 g/mol. The lowest BCUT2D eigenvalue weighted by Gasteiger charge is -2.37. The highest BCUT2D eigenvalue weighted by atomic mass is 16.2. The molecule has 2 aliphatic rings. The van der Waals surface area contributed by atoms with Crippen molar-refractivity contribution in [3.63, 3.8) is 0 Å². The van der Waals surface area contributed by atoms with E-state index >= 15 is 0 Å².